The molecule has 0 saturated carbocycles. The molecule has 0 saturated heterocycles. The van der Waals surface area contributed by atoms with E-state index in [1.54, 1.807) is 24.5 Å². The maximum Gasteiger partial charge on any atom is 0.243 e. The second-order valence-electron chi connectivity index (χ2n) is 10.8. The molecule has 0 radical (unpaired) electrons. The zero-order valence-corrected chi connectivity index (χ0v) is 25.3. The van der Waals surface area contributed by atoms with E-state index >= 15 is 0 Å². The summed E-state index contributed by atoms with van der Waals surface area (Å²) < 4.78 is 31.8. The first kappa shape index (κ1) is 29.9. The van der Waals surface area contributed by atoms with Gasteiger partial charge in [0.05, 0.1) is 29.6 Å². The molecule has 1 aromatic heterocycles. The SMILES string of the molecule is Cc1cccc(-c2ccc(S(=O)(=O)N(CCCCc3ccccc3)Cc3nncn3Cc3ccc(C#N)cc3)c(C)c2)c1. The number of nitriles is 1. The predicted molar refractivity (Wildman–Crippen MR) is 169 cm³/mol. The number of unbranched alkanes of at least 4 members (excludes halogenated alkanes) is 1. The van der Waals surface area contributed by atoms with Gasteiger partial charge in [-0.2, -0.15) is 9.57 Å². The molecule has 5 rings (SSSR count). The van der Waals surface area contributed by atoms with Gasteiger partial charge in [0.15, 0.2) is 0 Å². The largest absolute Gasteiger partial charge is 0.312 e. The van der Waals surface area contributed by atoms with Crippen molar-refractivity contribution in [2.24, 2.45) is 0 Å². The quantitative estimate of drug-likeness (QED) is 0.151. The van der Waals surface area contributed by atoms with Crippen molar-refractivity contribution >= 4 is 10.0 Å². The fraction of sp³-hybridized carbons (Fsp3) is 0.229. The summed E-state index contributed by atoms with van der Waals surface area (Å²) in [5.74, 6) is 0.560. The van der Waals surface area contributed by atoms with Gasteiger partial charge in [0, 0.05) is 6.54 Å². The summed E-state index contributed by atoms with van der Waals surface area (Å²) in [6.45, 7) is 4.83. The van der Waals surface area contributed by atoms with E-state index in [2.05, 4.69) is 34.5 Å². The minimum atomic E-state index is -3.84. The van der Waals surface area contributed by atoms with Crippen LogP contribution in [0.25, 0.3) is 11.1 Å². The Hall–Kier alpha value is -4.58. The summed E-state index contributed by atoms with van der Waals surface area (Å²) in [7, 11) is -3.84. The van der Waals surface area contributed by atoms with Crippen LogP contribution in [-0.2, 0) is 29.5 Å². The molecule has 218 valence electrons. The third-order valence-electron chi connectivity index (χ3n) is 7.56. The molecule has 0 atom stereocenters. The summed E-state index contributed by atoms with van der Waals surface area (Å²) >= 11 is 0. The Morgan fingerprint density at radius 3 is 2.33 bits per heavy atom. The van der Waals surface area contributed by atoms with Gasteiger partial charge in [-0.1, -0.05) is 84.4 Å². The van der Waals surface area contributed by atoms with Gasteiger partial charge >= 0.3 is 0 Å². The summed E-state index contributed by atoms with van der Waals surface area (Å²) in [4.78, 5) is 0.296. The highest BCUT2D eigenvalue weighted by Gasteiger charge is 2.28. The second kappa shape index (κ2) is 13.6. The number of hydrogen-bond donors (Lipinski definition) is 0. The van der Waals surface area contributed by atoms with Gasteiger partial charge < -0.3 is 4.57 Å². The molecule has 0 amide bonds. The van der Waals surface area contributed by atoms with Crippen molar-refractivity contribution in [3.63, 3.8) is 0 Å². The van der Waals surface area contributed by atoms with Crippen LogP contribution in [0.2, 0.25) is 0 Å². The van der Waals surface area contributed by atoms with Crippen molar-refractivity contribution in [3.8, 4) is 17.2 Å². The van der Waals surface area contributed by atoms with Crippen molar-refractivity contribution < 1.29 is 8.42 Å². The minimum absolute atomic E-state index is 0.100. The van der Waals surface area contributed by atoms with Crippen LogP contribution in [0.3, 0.4) is 0 Å². The van der Waals surface area contributed by atoms with Crippen LogP contribution in [0.5, 0.6) is 0 Å². The van der Waals surface area contributed by atoms with Gasteiger partial charge in [0.25, 0.3) is 0 Å². The van der Waals surface area contributed by atoms with Gasteiger partial charge in [0.2, 0.25) is 10.0 Å². The van der Waals surface area contributed by atoms with Crippen molar-refractivity contribution in [2.75, 3.05) is 6.54 Å². The first-order valence-electron chi connectivity index (χ1n) is 14.4. The van der Waals surface area contributed by atoms with E-state index in [1.807, 2.05) is 79.1 Å². The third kappa shape index (κ3) is 7.44. The molecule has 0 N–H and O–H groups in total. The molecule has 4 aromatic carbocycles. The van der Waals surface area contributed by atoms with E-state index < -0.39 is 10.0 Å². The Morgan fingerprint density at radius 2 is 1.60 bits per heavy atom. The Labute approximate surface area is 254 Å². The van der Waals surface area contributed by atoms with E-state index in [9.17, 15) is 8.42 Å². The normalized spacial score (nSPS) is 11.5. The van der Waals surface area contributed by atoms with Crippen LogP contribution in [0.15, 0.2) is 108 Å². The lowest BCUT2D eigenvalue weighted by Gasteiger charge is -2.23. The average Bonchev–Trinajstić information content (AvgIpc) is 3.45. The zero-order chi connectivity index (χ0) is 30.2. The number of hydrogen-bond acceptors (Lipinski definition) is 5. The molecule has 8 heteroatoms. The highest BCUT2D eigenvalue weighted by molar-refractivity contribution is 7.89. The van der Waals surface area contributed by atoms with Crippen molar-refractivity contribution in [2.45, 2.75) is 51.1 Å². The standard InChI is InChI=1S/C35H35N5O2S/c1-27-9-8-13-32(21-27)33-18-19-34(28(2)22-33)43(41,42)40(20-7-6-12-29-10-4-3-5-11-29)25-35-38-37-26-39(35)24-31-16-14-30(23-36)15-17-31/h3-5,8-11,13-19,21-22,26H,6-7,12,20,24-25H2,1-2H3. The number of sulfonamides is 1. The Balaban J connectivity index is 1.40. The van der Waals surface area contributed by atoms with E-state index in [0.717, 1.165) is 35.1 Å². The second-order valence-corrected chi connectivity index (χ2v) is 12.7. The monoisotopic (exact) mass is 589 g/mol. The fourth-order valence-electron chi connectivity index (χ4n) is 5.20. The maximum absolute atomic E-state index is 14.2. The fourth-order valence-corrected chi connectivity index (χ4v) is 6.84. The molecule has 0 fully saturated rings. The molecule has 0 aliphatic heterocycles. The maximum atomic E-state index is 14.2. The zero-order valence-electron chi connectivity index (χ0n) is 24.5. The molecule has 43 heavy (non-hydrogen) atoms. The summed E-state index contributed by atoms with van der Waals surface area (Å²) in [5.41, 5.74) is 6.69. The molecule has 0 aliphatic rings. The number of nitrogens with zero attached hydrogens (tertiary/aromatic N) is 5. The van der Waals surface area contributed by atoms with Crippen molar-refractivity contribution in [3.05, 3.63) is 137 Å². The van der Waals surface area contributed by atoms with Crippen LogP contribution in [0.4, 0.5) is 0 Å². The smallest absolute Gasteiger partial charge is 0.243 e. The van der Waals surface area contributed by atoms with Crippen molar-refractivity contribution in [1.82, 2.24) is 19.1 Å². The van der Waals surface area contributed by atoms with Gasteiger partial charge in [-0.15, -0.1) is 10.2 Å². The Kier molecular flexibility index (Phi) is 9.45. The lowest BCUT2D eigenvalue weighted by molar-refractivity contribution is 0.381. The molecule has 0 spiro atoms. The molecule has 1 heterocycles. The summed E-state index contributed by atoms with van der Waals surface area (Å²) in [5, 5.41) is 17.5. The lowest BCUT2D eigenvalue weighted by atomic mass is 10.0. The van der Waals surface area contributed by atoms with Gasteiger partial charge in [0.1, 0.15) is 12.2 Å². The van der Waals surface area contributed by atoms with Gasteiger partial charge in [-0.3, -0.25) is 0 Å². The van der Waals surface area contributed by atoms with Gasteiger partial charge in [-0.05, 0) is 79.1 Å². The summed E-state index contributed by atoms with van der Waals surface area (Å²) in [6.07, 6.45) is 4.07. The van der Waals surface area contributed by atoms with Crippen LogP contribution in [-0.4, -0.2) is 34.0 Å². The number of aryl methyl sites for hydroxylation is 3. The van der Waals surface area contributed by atoms with E-state index in [0.29, 0.717) is 41.4 Å². The van der Waals surface area contributed by atoms with Crippen molar-refractivity contribution in [1.29, 1.82) is 5.26 Å². The van der Waals surface area contributed by atoms with Crippen LogP contribution < -0.4 is 0 Å². The number of benzene rings is 4. The average molecular weight is 590 g/mol. The predicted octanol–water partition coefficient (Wildman–Crippen LogP) is 6.70. The topological polar surface area (TPSA) is 91.9 Å². The number of rotatable bonds is 12. The molecule has 5 aromatic rings. The molecule has 0 bridgehead atoms. The van der Waals surface area contributed by atoms with Crippen LogP contribution >= 0.6 is 0 Å². The first-order chi connectivity index (χ1) is 20.8. The Bertz CT molecular complexity index is 1820. The first-order valence-corrected chi connectivity index (χ1v) is 15.8. The minimum Gasteiger partial charge on any atom is -0.312 e. The third-order valence-corrected chi connectivity index (χ3v) is 9.56. The summed E-state index contributed by atoms with van der Waals surface area (Å²) in [6, 6.07) is 33.4. The highest BCUT2D eigenvalue weighted by atomic mass is 32.2. The number of aromatic nitrogens is 3. The molecule has 7 nitrogen and oxygen atoms in total. The van der Waals surface area contributed by atoms with E-state index in [1.165, 1.54) is 9.87 Å². The highest BCUT2D eigenvalue weighted by Crippen LogP contribution is 2.28. The van der Waals surface area contributed by atoms with Gasteiger partial charge in [-0.25, -0.2) is 8.42 Å². The lowest BCUT2D eigenvalue weighted by Crippen LogP contribution is -2.33. The van der Waals surface area contributed by atoms with E-state index in [4.69, 9.17) is 5.26 Å². The van der Waals surface area contributed by atoms with E-state index in [-0.39, 0.29) is 6.54 Å². The molecular formula is C35H35N5O2S. The molecule has 0 aliphatic carbocycles. The Morgan fingerprint density at radius 1 is 0.837 bits per heavy atom. The van der Waals surface area contributed by atoms with Crippen LogP contribution in [0, 0.1) is 25.2 Å². The molecule has 0 unspecified atom stereocenters. The van der Waals surface area contributed by atoms with Crippen LogP contribution in [0.1, 0.15) is 46.5 Å². The molecular weight excluding hydrogens is 554 g/mol.